The lowest BCUT2D eigenvalue weighted by molar-refractivity contribution is -0.113. The Kier molecular flexibility index (Phi) is 5.81. The number of pyridine rings is 1. The minimum absolute atomic E-state index is 0.0271. The molecule has 2 aromatic carbocycles. The molecule has 0 unspecified atom stereocenters. The number of nitrogens with one attached hydrogen (secondary N) is 2. The molecule has 3 N–H and O–H groups in total. The van der Waals surface area contributed by atoms with Crippen molar-refractivity contribution in [1.29, 1.82) is 0 Å². The van der Waals surface area contributed by atoms with Crippen molar-refractivity contribution in [2.24, 2.45) is 0 Å². The summed E-state index contributed by atoms with van der Waals surface area (Å²) in [6.07, 6.45) is 4.74. The molecule has 0 bridgehead atoms. The number of aromatic hydroxyl groups is 1. The highest BCUT2D eigenvalue weighted by Crippen LogP contribution is 2.16. The second kappa shape index (κ2) is 8.64. The van der Waals surface area contributed by atoms with Crippen LogP contribution < -0.4 is 10.6 Å². The topological polar surface area (TPSA) is 91.3 Å². The van der Waals surface area contributed by atoms with E-state index >= 15 is 0 Å². The van der Waals surface area contributed by atoms with Crippen molar-refractivity contribution in [3.05, 3.63) is 95.4 Å². The molecule has 6 nitrogen and oxygen atoms in total. The Balaban J connectivity index is 1.86. The van der Waals surface area contributed by atoms with Gasteiger partial charge in [0, 0.05) is 29.7 Å². The third-order valence-electron chi connectivity index (χ3n) is 3.91. The monoisotopic (exact) mass is 373 g/mol. The molecule has 0 aliphatic heterocycles. The molecule has 0 spiro atoms. The molecule has 2 amide bonds. The van der Waals surface area contributed by atoms with Gasteiger partial charge in [-0.1, -0.05) is 29.8 Å². The zero-order valence-electron chi connectivity index (χ0n) is 15.2. The first-order valence-corrected chi connectivity index (χ1v) is 8.61. The SMILES string of the molecule is Cc1ccc(C(=O)N/C(=C\c2cccnc2)C(=O)Nc2cccc(O)c2)cc1. The standard InChI is InChI=1S/C22H19N3O3/c1-15-7-9-17(10-8-15)21(27)25-20(12-16-4-3-11-23-14-16)22(28)24-18-5-2-6-19(26)13-18/h2-14,26H,1H3,(H,24,28)(H,25,27)/b20-12-. The van der Waals surface area contributed by atoms with E-state index in [1.54, 1.807) is 48.8 Å². The maximum atomic E-state index is 12.8. The number of carbonyl (C=O) groups is 2. The smallest absolute Gasteiger partial charge is 0.272 e. The quantitative estimate of drug-likeness (QED) is 0.597. The van der Waals surface area contributed by atoms with Crippen LogP contribution in [-0.4, -0.2) is 21.9 Å². The van der Waals surface area contributed by atoms with Crippen LogP contribution >= 0.6 is 0 Å². The molecular formula is C22H19N3O3. The van der Waals surface area contributed by atoms with Gasteiger partial charge in [0.25, 0.3) is 11.8 Å². The highest BCUT2D eigenvalue weighted by Gasteiger charge is 2.15. The summed E-state index contributed by atoms with van der Waals surface area (Å²) in [5, 5.41) is 14.9. The van der Waals surface area contributed by atoms with Gasteiger partial charge in [-0.25, -0.2) is 0 Å². The third kappa shape index (κ3) is 5.04. The molecule has 0 fully saturated rings. The first-order chi connectivity index (χ1) is 13.5. The highest BCUT2D eigenvalue weighted by molar-refractivity contribution is 6.10. The van der Waals surface area contributed by atoms with Crippen molar-refractivity contribution in [2.75, 3.05) is 5.32 Å². The zero-order valence-corrected chi connectivity index (χ0v) is 15.2. The molecular weight excluding hydrogens is 354 g/mol. The van der Waals surface area contributed by atoms with Gasteiger partial charge >= 0.3 is 0 Å². The normalized spacial score (nSPS) is 11.0. The van der Waals surface area contributed by atoms with Gasteiger partial charge in [0.15, 0.2) is 0 Å². The third-order valence-corrected chi connectivity index (χ3v) is 3.91. The van der Waals surface area contributed by atoms with E-state index in [4.69, 9.17) is 0 Å². The molecule has 3 rings (SSSR count). The predicted octanol–water partition coefficient (Wildman–Crippen LogP) is 3.51. The van der Waals surface area contributed by atoms with Gasteiger partial charge < -0.3 is 15.7 Å². The Morgan fingerprint density at radius 2 is 1.82 bits per heavy atom. The van der Waals surface area contributed by atoms with Gasteiger partial charge in [0.05, 0.1) is 0 Å². The van der Waals surface area contributed by atoms with E-state index in [0.29, 0.717) is 16.8 Å². The van der Waals surface area contributed by atoms with Crippen molar-refractivity contribution in [1.82, 2.24) is 10.3 Å². The first-order valence-electron chi connectivity index (χ1n) is 8.61. The lowest BCUT2D eigenvalue weighted by Crippen LogP contribution is -2.30. The maximum absolute atomic E-state index is 12.8. The highest BCUT2D eigenvalue weighted by atomic mass is 16.3. The van der Waals surface area contributed by atoms with Crippen molar-refractivity contribution in [2.45, 2.75) is 6.92 Å². The number of phenols is 1. The summed E-state index contributed by atoms with van der Waals surface area (Å²) in [5.74, 6) is -0.893. The summed E-state index contributed by atoms with van der Waals surface area (Å²) < 4.78 is 0. The van der Waals surface area contributed by atoms with E-state index in [1.165, 1.54) is 18.2 Å². The van der Waals surface area contributed by atoms with E-state index in [-0.39, 0.29) is 11.4 Å². The number of carbonyl (C=O) groups excluding carboxylic acids is 2. The number of benzene rings is 2. The Bertz CT molecular complexity index is 1010. The number of aryl methyl sites for hydroxylation is 1. The fraction of sp³-hybridized carbons (Fsp3) is 0.0455. The van der Waals surface area contributed by atoms with Gasteiger partial charge in [-0.3, -0.25) is 14.6 Å². The Hall–Kier alpha value is -3.93. The van der Waals surface area contributed by atoms with Crippen LogP contribution in [0, 0.1) is 6.92 Å². The molecule has 1 heterocycles. The summed E-state index contributed by atoms with van der Waals surface area (Å²) in [4.78, 5) is 29.4. The Labute approximate surface area is 162 Å². The molecule has 140 valence electrons. The number of hydrogen-bond donors (Lipinski definition) is 3. The minimum atomic E-state index is -0.519. The number of aromatic nitrogens is 1. The number of rotatable bonds is 5. The van der Waals surface area contributed by atoms with Crippen LogP contribution in [0.4, 0.5) is 5.69 Å². The second-order valence-corrected chi connectivity index (χ2v) is 6.17. The van der Waals surface area contributed by atoms with E-state index in [1.807, 2.05) is 19.1 Å². The van der Waals surface area contributed by atoms with E-state index in [9.17, 15) is 14.7 Å². The van der Waals surface area contributed by atoms with Crippen molar-refractivity contribution < 1.29 is 14.7 Å². The van der Waals surface area contributed by atoms with Crippen molar-refractivity contribution in [3.63, 3.8) is 0 Å². The van der Waals surface area contributed by atoms with Gasteiger partial charge in [0.1, 0.15) is 11.4 Å². The van der Waals surface area contributed by atoms with E-state index in [0.717, 1.165) is 5.56 Å². The molecule has 3 aromatic rings. The molecule has 0 atom stereocenters. The molecule has 0 aliphatic rings. The number of hydrogen-bond acceptors (Lipinski definition) is 4. The lowest BCUT2D eigenvalue weighted by Gasteiger charge is -2.11. The minimum Gasteiger partial charge on any atom is -0.508 e. The fourth-order valence-corrected chi connectivity index (χ4v) is 2.47. The van der Waals surface area contributed by atoms with Crippen LogP contribution in [0.1, 0.15) is 21.5 Å². The summed E-state index contributed by atoms with van der Waals surface area (Å²) in [5.41, 5.74) is 2.60. The summed E-state index contributed by atoms with van der Waals surface area (Å²) in [6, 6.07) is 16.7. The van der Waals surface area contributed by atoms with Crippen LogP contribution in [0.5, 0.6) is 5.75 Å². The average molecular weight is 373 g/mol. The number of phenolic OH excluding ortho intramolecular Hbond substituents is 1. The molecule has 1 aromatic heterocycles. The van der Waals surface area contributed by atoms with Crippen molar-refractivity contribution >= 4 is 23.6 Å². The summed E-state index contributed by atoms with van der Waals surface area (Å²) in [7, 11) is 0. The fourth-order valence-electron chi connectivity index (χ4n) is 2.47. The zero-order chi connectivity index (χ0) is 19.9. The van der Waals surface area contributed by atoms with Gasteiger partial charge in [-0.05, 0) is 48.9 Å². The molecule has 0 aliphatic carbocycles. The van der Waals surface area contributed by atoms with Gasteiger partial charge in [0.2, 0.25) is 0 Å². The van der Waals surface area contributed by atoms with E-state index < -0.39 is 11.8 Å². The van der Waals surface area contributed by atoms with Crippen LogP contribution in [0.3, 0.4) is 0 Å². The predicted molar refractivity (Wildman–Crippen MR) is 108 cm³/mol. The van der Waals surface area contributed by atoms with Gasteiger partial charge in [-0.2, -0.15) is 0 Å². The largest absolute Gasteiger partial charge is 0.508 e. The number of nitrogens with zero attached hydrogens (tertiary/aromatic N) is 1. The van der Waals surface area contributed by atoms with Gasteiger partial charge in [-0.15, -0.1) is 0 Å². The van der Waals surface area contributed by atoms with Crippen LogP contribution in [0.2, 0.25) is 0 Å². The number of anilines is 1. The summed E-state index contributed by atoms with van der Waals surface area (Å²) >= 11 is 0. The van der Waals surface area contributed by atoms with Crippen LogP contribution in [0.15, 0.2) is 78.8 Å². The van der Waals surface area contributed by atoms with Crippen molar-refractivity contribution in [3.8, 4) is 5.75 Å². The average Bonchev–Trinajstić information content (AvgIpc) is 2.68. The van der Waals surface area contributed by atoms with Crippen LogP contribution in [0.25, 0.3) is 6.08 Å². The first kappa shape index (κ1) is 18.8. The Morgan fingerprint density at radius 1 is 1.04 bits per heavy atom. The molecule has 6 heteroatoms. The van der Waals surface area contributed by atoms with E-state index in [2.05, 4.69) is 15.6 Å². The molecule has 0 saturated heterocycles. The van der Waals surface area contributed by atoms with Crippen LogP contribution in [-0.2, 0) is 4.79 Å². The lowest BCUT2D eigenvalue weighted by atomic mass is 10.1. The molecule has 0 saturated carbocycles. The molecule has 0 radical (unpaired) electrons. The maximum Gasteiger partial charge on any atom is 0.272 e. The Morgan fingerprint density at radius 3 is 2.50 bits per heavy atom. The number of amides is 2. The molecule has 28 heavy (non-hydrogen) atoms. The summed E-state index contributed by atoms with van der Waals surface area (Å²) in [6.45, 7) is 1.93. The second-order valence-electron chi connectivity index (χ2n) is 6.17.